The number of guanidine groups is 1. The molecule has 0 saturated carbocycles. The van der Waals surface area contributed by atoms with Crippen LogP contribution in [0.25, 0.3) is 0 Å². The Hall–Kier alpha value is -0.620. The van der Waals surface area contributed by atoms with Gasteiger partial charge in [0, 0.05) is 41.2 Å². The average molecular weight is 361 g/mol. The van der Waals surface area contributed by atoms with Crippen molar-refractivity contribution in [2.75, 3.05) is 37.7 Å². The lowest BCUT2D eigenvalue weighted by atomic mass is 10.1. The lowest BCUT2D eigenvalue weighted by Crippen LogP contribution is -2.37. The number of thioether (sulfide) groups is 1. The van der Waals surface area contributed by atoms with E-state index in [9.17, 15) is 0 Å². The number of benzene rings is 1. The predicted octanol–water partition coefficient (Wildman–Crippen LogP) is 3.01. The second-order valence-corrected chi connectivity index (χ2v) is 7.32. The van der Waals surface area contributed by atoms with Crippen LogP contribution in [0, 0.1) is 0 Å². The molecular formula is C15H22Cl2N4S. The minimum Gasteiger partial charge on any atom is -0.370 e. The molecule has 0 aliphatic carbocycles. The van der Waals surface area contributed by atoms with Crippen LogP contribution in [0.4, 0.5) is 0 Å². The number of nitrogens with one attached hydrogen (secondary N) is 1. The predicted molar refractivity (Wildman–Crippen MR) is 98.3 cm³/mol. The van der Waals surface area contributed by atoms with E-state index < -0.39 is 0 Å². The first-order chi connectivity index (χ1) is 10.6. The van der Waals surface area contributed by atoms with Gasteiger partial charge in [-0.05, 0) is 24.6 Å². The largest absolute Gasteiger partial charge is 0.370 e. The Kier molecular flexibility index (Phi) is 7.15. The van der Waals surface area contributed by atoms with E-state index in [0.29, 0.717) is 22.5 Å². The summed E-state index contributed by atoms with van der Waals surface area (Å²) in [6.45, 7) is 5.96. The lowest BCUT2D eigenvalue weighted by Gasteiger charge is -2.25. The fraction of sp³-hybridized carbons (Fsp3) is 0.533. The fourth-order valence-corrected chi connectivity index (χ4v) is 3.89. The van der Waals surface area contributed by atoms with Crippen molar-refractivity contribution in [3.05, 3.63) is 33.8 Å². The van der Waals surface area contributed by atoms with Gasteiger partial charge in [0.1, 0.15) is 0 Å². The van der Waals surface area contributed by atoms with Crippen molar-refractivity contribution >= 4 is 40.9 Å². The van der Waals surface area contributed by atoms with Crippen LogP contribution in [-0.4, -0.2) is 48.5 Å². The van der Waals surface area contributed by atoms with Crippen LogP contribution in [0.1, 0.15) is 18.5 Å². The Morgan fingerprint density at radius 1 is 1.41 bits per heavy atom. The zero-order chi connectivity index (χ0) is 15.9. The molecule has 1 heterocycles. The number of nitrogens with two attached hydrogens (primary N) is 1. The quantitative estimate of drug-likeness (QED) is 0.625. The van der Waals surface area contributed by atoms with E-state index in [2.05, 4.69) is 15.2 Å². The van der Waals surface area contributed by atoms with Gasteiger partial charge in [-0.2, -0.15) is 11.8 Å². The second kappa shape index (κ2) is 8.87. The lowest BCUT2D eigenvalue weighted by molar-refractivity contribution is 0.311. The molecule has 1 aromatic carbocycles. The van der Waals surface area contributed by atoms with Crippen molar-refractivity contribution in [2.45, 2.75) is 13.0 Å². The Morgan fingerprint density at radius 2 is 2.14 bits per heavy atom. The highest BCUT2D eigenvalue weighted by atomic mass is 35.5. The van der Waals surface area contributed by atoms with Crippen molar-refractivity contribution in [3.8, 4) is 0 Å². The molecular weight excluding hydrogens is 339 g/mol. The summed E-state index contributed by atoms with van der Waals surface area (Å²) in [5.74, 6) is 2.87. The molecule has 1 unspecified atom stereocenters. The van der Waals surface area contributed by atoms with Crippen LogP contribution >= 0.6 is 35.0 Å². The molecule has 1 aromatic rings. The molecule has 22 heavy (non-hydrogen) atoms. The summed E-state index contributed by atoms with van der Waals surface area (Å²) in [7, 11) is 0. The summed E-state index contributed by atoms with van der Waals surface area (Å²) in [6, 6.07) is 5.45. The van der Waals surface area contributed by atoms with Gasteiger partial charge in [-0.3, -0.25) is 9.89 Å². The normalized spacial score (nSPS) is 18.2. The SMILES string of the molecule is CC(NC(N)=NCCN1CCSCC1)c1ccc(Cl)cc1Cl. The highest BCUT2D eigenvalue weighted by molar-refractivity contribution is 7.99. The van der Waals surface area contributed by atoms with Crippen molar-refractivity contribution in [3.63, 3.8) is 0 Å². The number of hydrogen-bond acceptors (Lipinski definition) is 3. The first-order valence-electron chi connectivity index (χ1n) is 7.38. The summed E-state index contributed by atoms with van der Waals surface area (Å²) in [5, 5.41) is 4.43. The molecule has 7 heteroatoms. The molecule has 1 saturated heterocycles. The smallest absolute Gasteiger partial charge is 0.189 e. The zero-order valence-corrected chi connectivity index (χ0v) is 15.0. The third-order valence-corrected chi connectivity index (χ3v) is 5.10. The van der Waals surface area contributed by atoms with Gasteiger partial charge in [0.05, 0.1) is 12.6 Å². The maximum absolute atomic E-state index is 6.20. The van der Waals surface area contributed by atoms with Gasteiger partial charge in [-0.15, -0.1) is 0 Å². The molecule has 1 aliphatic heterocycles. The first-order valence-corrected chi connectivity index (χ1v) is 9.29. The summed E-state index contributed by atoms with van der Waals surface area (Å²) in [6.07, 6.45) is 0. The van der Waals surface area contributed by atoms with Crippen molar-refractivity contribution < 1.29 is 0 Å². The van der Waals surface area contributed by atoms with Gasteiger partial charge in [-0.25, -0.2) is 0 Å². The van der Waals surface area contributed by atoms with Crippen LogP contribution in [0.15, 0.2) is 23.2 Å². The number of halogens is 2. The molecule has 1 aliphatic rings. The van der Waals surface area contributed by atoms with E-state index in [0.717, 1.165) is 25.2 Å². The summed E-state index contributed by atoms with van der Waals surface area (Å²) in [4.78, 5) is 6.82. The molecule has 1 fully saturated rings. The van der Waals surface area contributed by atoms with Gasteiger partial charge in [0.25, 0.3) is 0 Å². The minimum atomic E-state index is -0.0140. The molecule has 0 bridgehead atoms. The summed E-state index contributed by atoms with van der Waals surface area (Å²) < 4.78 is 0. The summed E-state index contributed by atoms with van der Waals surface area (Å²) >= 11 is 14.1. The molecule has 0 aromatic heterocycles. The van der Waals surface area contributed by atoms with Crippen LogP contribution in [0.3, 0.4) is 0 Å². The number of hydrogen-bond donors (Lipinski definition) is 2. The maximum atomic E-state index is 6.20. The fourth-order valence-electron chi connectivity index (χ4n) is 2.33. The van der Waals surface area contributed by atoms with Gasteiger partial charge in [-0.1, -0.05) is 29.3 Å². The van der Waals surface area contributed by atoms with Crippen LogP contribution in [0.2, 0.25) is 10.0 Å². The standard InChI is InChI=1S/C15H22Cl2N4S/c1-11(13-3-2-12(16)10-14(13)17)20-15(18)19-4-5-21-6-8-22-9-7-21/h2-3,10-11H,4-9H2,1H3,(H3,18,19,20). The van der Waals surface area contributed by atoms with E-state index in [4.69, 9.17) is 28.9 Å². The second-order valence-electron chi connectivity index (χ2n) is 5.25. The molecule has 122 valence electrons. The summed E-state index contributed by atoms with van der Waals surface area (Å²) in [5.41, 5.74) is 6.91. The van der Waals surface area contributed by atoms with Crippen LogP contribution in [-0.2, 0) is 0 Å². The Bertz CT molecular complexity index is 518. The third kappa shape index (κ3) is 5.54. The third-order valence-electron chi connectivity index (χ3n) is 3.60. The zero-order valence-electron chi connectivity index (χ0n) is 12.7. The van der Waals surface area contributed by atoms with Crippen LogP contribution < -0.4 is 11.1 Å². The number of nitrogens with zero attached hydrogens (tertiary/aromatic N) is 2. The van der Waals surface area contributed by atoms with E-state index in [-0.39, 0.29) is 6.04 Å². The highest BCUT2D eigenvalue weighted by Gasteiger charge is 2.11. The minimum absolute atomic E-state index is 0.0140. The van der Waals surface area contributed by atoms with Crippen molar-refractivity contribution in [1.29, 1.82) is 0 Å². The monoisotopic (exact) mass is 360 g/mol. The molecule has 1 atom stereocenters. The van der Waals surface area contributed by atoms with E-state index in [1.165, 1.54) is 11.5 Å². The van der Waals surface area contributed by atoms with Crippen LogP contribution in [0.5, 0.6) is 0 Å². The molecule has 0 radical (unpaired) electrons. The van der Waals surface area contributed by atoms with Gasteiger partial charge < -0.3 is 11.1 Å². The van der Waals surface area contributed by atoms with Crippen molar-refractivity contribution in [2.24, 2.45) is 10.7 Å². The Labute approximate surface area is 146 Å². The maximum Gasteiger partial charge on any atom is 0.189 e. The average Bonchev–Trinajstić information content (AvgIpc) is 2.48. The Morgan fingerprint density at radius 3 is 2.82 bits per heavy atom. The highest BCUT2D eigenvalue weighted by Crippen LogP contribution is 2.25. The van der Waals surface area contributed by atoms with Crippen molar-refractivity contribution in [1.82, 2.24) is 10.2 Å². The van der Waals surface area contributed by atoms with E-state index >= 15 is 0 Å². The van der Waals surface area contributed by atoms with E-state index in [1.807, 2.05) is 30.8 Å². The van der Waals surface area contributed by atoms with Gasteiger partial charge in [0.15, 0.2) is 5.96 Å². The number of rotatable bonds is 5. The molecule has 0 amide bonds. The molecule has 0 spiro atoms. The molecule has 2 rings (SSSR count). The molecule has 4 nitrogen and oxygen atoms in total. The number of aliphatic imine (C=N–C) groups is 1. The van der Waals surface area contributed by atoms with Gasteiger partial charge in [0.2, 0.25) is 0 Å². The van der Waals surface area contributed by atoms with Gasteiger partial charge >= 0.3 is 0 Å². The Balaban J connectivity index is 1.82. The topological polar surface area (TPSA) is 53.6 Å². The molecule has 3 N–H and O–H groups in total. The van der Waals surface area contributed by atoms with E-state index in [1.54, 1.807) is 6.07 Å². The first kappa shape index (κ1) is 17.7.